The first-order valence-corrected chi connectivity index (χ1v) is 11.1. The molecule has 5 nitrogen and oxygen atoms in total. The van der Waals surface area contributed by atoms with Crippen LogP contribution in [0.4, 0.5) is 4.39 Å². The third-order valence-corrected chi connectivity index (χ3v) is 6.35. The lowest BCUT2D eigenvalue weighted by atomic mass is 10.0. The second-order valence-corrected chi connectivity index (χ2v) is 9.01. The van der Waals surface area contributed by atoms with E-state index in [1.54, 1.807) is 18.2 Å². The summed E-state index contributed by atoms with van der Waals surface area (Å²) in [4.78, 5) is 12.7. The average Bonchev–Trinajstić information content (AvgIpc) is 3.53. The molecular formula is C23H25FN4OS. The zero-order valence-electron chi connectivity index (χ0n) is 17.1. The normalized spacial score (nSPS) is 15.6. The minimum atomic E-state index is -0.330. The van der Waals surface area contributed by atoms with Crippen LogP contribution in [0.25, 0.3) is 11.4 Å². The van der Waals surface area contributed by atoms with E-state index in [1.165, 1.54) is 23.4 Å². The number of aromatic nitrogens is 3. The van der Waals surface area contributed by atoms with Crippen molar-refractivity contribution < 1.29 is 9.18 Å². The van der Waals surface area contributed by atoms with E-state index in [4.69, 9.17) is 0 Å². The molecule has 156 valence electrons. The van der Waals surface area contributed by atoms with Crippen LogP contribution in [0.5, 0.6) is 0 Å². The average molecular weight is 425 g/mol. The summed E-state index contributed by atoms with van der Waals surface area (Å²) in [6.07, 6.45) is 2.03. The van der Waals surface area contributed by atoms with Gasteiger partial charge < -0.3 is 5.32 Å². The number of nitrogens with zero attached hydrogens (tertiary/aromatic N) is 3. The quantitative estimate of drug-likeness (QED) is 0.527. The molecule has 4 rings (SSSR count). The first-order valence-electron chi connectivity index (χ1n) is 10.2. The van der Waals surface area contributed by atoms with Gasteiger partial charge in [-0.05, 0) is 43.4 Å². The highest BCUT2D eigenvalue weighted by Gasteiger charge is 2.32. The molecule has 0 bridgehead atoms. The fourth-order valence-electron chi connectivity index (χ4n) is 3.35. The molecule has 1 fully saturated rings. The van der Waals surface area contributed by atoms with Gasteiger partial charge in [0.1, 0.15) is 5.82 Å². The van der Waals surface area contributed by atoms with Gasteiger partial charge in [0.25, 0.3) is 0 Å². The predicted octanol–water partition coefficient (Wildman–Crippen LogP) is 4.82. The standard InChI is InChI=1S/C23H25FN4OS/c1-15(17-8-4-3-5-9-17)14-25-22(29)16(2)30-23-27-26-21(28(23)18-12-13-18)19-10-6-7-11-20(19)24/h3-11,15-16,18H,12-14H2,1-2H3,(H,25,29)/t15-,16+/m0/s1. The van der Waals surface area contributed by atoms with E-state index < -0.39 is 0 Å². The van der Waals surface area contributed by atoms with Crippen molar-refractivity contribution in [3.05, 3.63) is 66.0 Å². The highest BCUT2D eigenvalue weighted by Crippen LogP contribution is 2.42. The number of halogens is 1. The van der Waals surface area contributed by atoms with Gasteiger partial charge in [-0.15, -0.1) is 10.2 Å². The van der Waals surface area contributed by atoms with Crippen LogP contribution in [0.3, 0.4) is 0 Å². The molecule has 30 heavy (non-hydrogen) atoms. The monoisotopic (exact) mass is 424 g/mol. The van der Waals surface area contributed by atoms with Gasteiger partial charge in [-0.1, -0.05) is 61.2 Å². The van der Waals surface area contributed by atoms with E-state index in [9.17, 15) is 9.18 Å². The van der Waals surface area contributed by atoms with Crippen LogP contribution in [-0.2, 0) is 4.79 Å². The highest BCUT2D eigenvalue weighted by atomic mass is 32.2. The van der Waals surface area contributed by atoms with Crippen molar-refractivity contribution in [3.8, 4) is 11.4 Å². The molecule has 0 spiro atoms. The number of hydrogen-bond acceptors (Lipinski definition) is 4. The van der Waals surface area contributed by atoms with Gasteiger partial charge in [-0.2, -0.15) is 0 Å². The number of carbonyl (C=O) groups excluding carboxylic acids is 1. The SMILES string of the molecule is C[C@@H](Sc1nnc(-c2ccccc2F)n1C1CC1)C(=O)NC[C@H](C)c1ccccc1. The van der Waals surface area contributed by atoms with Crippen molar-refractivity contribution in [1.82, 2.24) is 20.1 Å². The van der Waals surface area contributed by atoms with E-state index in [1.807, 2.05) is 29.7 Å². The van der Waals surface area contributed by atoms with Crippen molar-refractivity contribution in [1.29, 1.82) is 0 Å². The number of amides is 1. The molecule has 2 aromatic carbocycles. The Bertz CT molecular complexity index is 1020. The van der Waals surface area contributed by atoms with Crippen molar-refractivity contribution in [2.24, 2.45) is 0 Å². The third-order valence-electron chi connectivity index (χ3n) is 5.29. The van der Waals surface area contributed by atoms with Gasteiger partial charge in [-0.25, -0.2) is 4.39 Å². The Hall–Kier alpha value is -2.67. The van der Waals surface area contributed by atoms with Crippen LogP contribution in [0.1, 0.15) is 44.2 Å². The van der Waals surface area contributed by atoms with Crippen LogP contribution in [-0.4, -0.2) is 32.5 Å². The number of carbonyl (C=O) groups is 1. The molecule has 1 aromatic heterocycles. The maximum atomic E-state index is 14.3. The van der Waals surface area contributed by atoms with E-state index in [0.29, 0.717) is 23.1 Å². The van der Waals surface area contributed by atoms with E-state index in [0.717, 1.165) is 12.8 Å². The molecule has 1 amide bonds. The molecule has 0 saturated heterocycles. The summed E-state index contributed by atoms with van der Waals surface area (Å²) in [5.41, 5.74) is 1.64. The van der Waals surface area contributed by atoms with Gasteiger partial charge >= 0.3 is 0 Å². The van der Waals surface area contributed by atoms with Crippen LogP contribution in [0.2, 0.25) is 0 Å². The summed E-state index contributed by atoms with van der Waals surface area (Å²) in [6, 6.07) is 17.0. The van der Waals surface area contributed by atoms with E-state index >= 15 is 0 Å². The van der Waals surface area contributed by atoms with Gasteiger partial charge in [0.15, 0.2) is 11.0 Å². The van der Waals surface area contributed by atoms with Gasteiger partial charge in [-0.3, -0.25) is 9.36 Å². The Morgan fingerprint density at radius 3 is 2.53 bits per heavy atom. The first-order chi connectivity index (χ1) is 14.5. The number of benzene rings is 2. The molecule has 7 heteroatoms. The fraction of sp³-hybridized carbons (Fsp3) is 0.348. The molecule has 0 aliphatic heterocycles. The Labute approximate surface area is 180 Å². The molecule has 0 unspecified atom stereocenters. The summed E-state index contributed by atoms with van der Waals surface area (Å²) in [7, 11) is 0. The molecule has 2 atom stereocenters. The summed E-state index contributed by atoms with van der Waals surface area (Å²) in [5, 5.41) is 11.9. The van der Waals surface area contributed by atoms with Gasteiger partial charge in [0.05, 0.1) is 10.8 Å². The van der Waals surface area contributed by atoms with Crippen LogP contribution in [0.15, 0.2) is 59.8 Å². The van der Waals surface area contributed by atoms with Crippen LogP contribution in [0, 0.1) is 5.82 Å². The summed E-state index contributed by atoms with van der Waals surface area (Å²) < 4.78 is 16.3. The Morgan fingerprint density at radius 2 is 1.83 bits per heavy atom. The lowest BCUT2D eigenvalue weighted by molar-refractivity contribution is -0.120. The van der Waals surface area contributed by atoms with Crippen molar-refractivity contribution in [2.75, 3.05) is 6.54 Å². The van der Waals surface area contributed by atoms with Crippen LogP contribution < -0.4 is 5.32 Å². The number of nitrogens with one attached hydrogen (secondary N) is 1. The maximum absolute atomic E-state index is 14.3. The van der Waals surface area contributed by atoms with Crippen molar-refractivity contribution >= 4 is 17.7 Å². The number of hydrogen-bond donors (Lipinski definition) is 1. The Kier molecular flexibility index (Phi) is 6.18. The first kappa shape index (κ1) is 20.6. The third kappa shape index (κ3) is 4.56. The lowest BCUT2D eigenvalue weighted by Gasteiger charge is -2.16. The molecular weight excluding hydrogens is 399 g/mol. The Morgan fingerprint density at radius 1 is 1.13 bits per heavy atom. The fourth-order valence-corrected chi connectivity index (χ4v) is 4.30. The number of thioether (sulfide) groups is 1. The minimum Gasteiger partial charge on any atom is -0.355 e. The van der Waals surface area contributed by atoms with Gasteiger partial charge in [0.2, 0.25) is 5.91 Å². The molecule has 1 heterocycles. The summed E-state index contributed by atoms with van der Waals surface area (Å²) in [6.45, 7) is 4.53. The molecule has 0 radical (unpaired) electrons. The van der Waals surface area contributed by atoms with Crippen molar-refractivity contribution in [2.45, 2.75) is 49.1 Å². The molecule has 1 aliphatic carbocycles. The van der Waals surface area contributed by atoms with E-state index in [2.05, 4.69) is 34.6 Å². The molecule has 1 N–H and O–H groups in total. The Balaban J connectivity index is 1.44. The zero-order valence-corrected chi connectivity index (χ0v) is 17.9. The maximum Gasteiger partial charge on any atom is 0.233 e. The van der Waals surface area contributed by atoms with Gasteiger partial charge in [0, 0.05) is 12.6 Å². The highest BCUT2D eigenvalue weighted by molar-refractivity contribution is 8.00. The smallest absolute Gasteiger partial charge is 0.233 e. The summed E-state index contributed by atoms with van der Waals surface area (Å²) in [5.74, 6) is 0.406. The topological polar surface area (TPSA) is 59.8 Å². The largest absolute Gasteiger partial charge is 0.355 e. The lowest BCUT2D eigenvalue weighted by Crippen LogP contribution is -2.33. The molecule has 1 saturated carbocycles. The second kappa shape index (κ2) is 9.00. The summed E-state index contributed by atoms with van der Waals surface area (Å²) >= 11 is 1.37. The minimum absolute atomic E-state index is 0.0411. The predicted molar refractivity (Wildman–Crippen MR) is 117 cm³/mol. The van der Waals surface area contributed by atoms with Crippen molar-refractivity contribution in [3.63, 3.8) is 0 Å². The number of rotatable bonds is 8. The van der Waals surface area contributed by atoms with E-state index in [-0.39, 0.29) is 28.9 Å². The second-order valence-electron chi connectivity index (χ2n) is 7.70. The van der Waals surface area contributed by atoms with Crippen LogP contribution >= 0.6 is 11.8 Å². The molecule has 1 aliphatic rings. The molecule has 3 aromatic rings. The zero-order chi connectivity index (χ0) is 21.1.